The van der Waals surface area contributed by atoms with Crippen LogP contribution >= 0.6 is 0 Å². The van der Waals surface area contributed by atoms with Gasteiger partial charge in [0.15, 0.2) is 0 Å². The predicted molar refractivity (Wildman–Crippen MR) is 121 cm³/mol. The SMILES string of the molecule is O=C(C[C@@H](NC(=O)c1c2ccccc2cc2ccccc12)C(=O)O)OCc1ccccc1. The Morgan fingerprint density at radius 1 is 0.812 bits per heavy atom. The van der Waals surface area contributed by atoms with Gasteiger partial charge in [-0.25, -0.2) is 4.79 Å². The van der Waals surface area contributed by atoms with Crippen LogP contribution < -0.4 is 5.32 Å². The number of hydrogen-bond acceptors (Lipinski definition) is 4. The smallest absolute Gasteiger partial charge is 0.326 e. The molecule has 4 aromatic rings. The summed E-state index contributed by atoms with van der Waals surface area (Å²) in [5.41, 5.74) is 1.17. The van der Waals surface area contributed by atoms with Crippen LogP contribution in [0.3, 0.4) is 0 Å². The highest BCUT2D eigenvalue weighted by molar-refractivity contribution is 6.18. The van der Waals surface area contributed by atoms with Crippen LogP contribution in [0.4, 0.5) is 0 Å². The topological polar surface area (TPSA) is 92.7 Å². The Morgan fingerprint density at radius 3 is 1.97 bits per heavy atom. The molecule has 0 aliphatic heterocycles. The molecular formula is C26H21NO5. The van der Waals surface area contributed by atoms with E-state index in [-0.39, 0.29) is 6.61 Å². The first-order chi connectivity index (χ1) is 15.5. The fourth-order valence-corrected chi connectivity index (χ4v) is 3.65. The second-order valence-electron chi connectivity index (χ2n) is 7.41. The van der Waals surface area contributed by atoms with Gasteiger partial charge in [-0.2, -0.15) is 0 Å². The molecule has 0 aliphatic rings. The standard InChI is InChI=1S/C26H21NO5/c28-23(32-16-17-8-2-1-3-9-17)15-22(26(30)31)27-25(29)24-20-12-6-4-10-18(20)14-19-11-5-7-13-21(19)24/h1-14,22H,15-16H2,(H,27,29)(H,30,31)/t22-/m1/s1. The molecule has 0 unspecified atom stereocenters. The third-order valence-corrected chi connectivity index (χ3v) is 5.22. The fraction of sp³-hybridized carbons (Fsp3) is 0.115. The Labute approximate surface area is 184 Å². The Bertz CT molecular complexity index is 1250. The quantitative estimate of drug-likeness (QED) is 0.339. The molecular weight excluding hydrogens is 406 g/mol. The minimum atomic E-state index is -1.41. The maximum atomic E-state index is 13.2. The molecule has 0 spiro atoms. The number of carbonyl (C=O) groups is 3. The van der Waals surface area contributed by atoms with Crippen LogP contribution in [0.25, 0.3) is 21.5 Å². The summed E-state index contributed by atoms with van der Waals surface area (Å²) in [5, 5.41) is 15.3. The number of nitrogens with one attached hydrogen (secondary N) is 1. The van der Waals surface area contributed by atoms with E-state index in [4.69, 9.17) is 4.74 Å². The van der Waals surface area contributed by atoms with E-state index in [1.54, 1.807) is 12.1 Å². The number of esters is 1. The first-order valence-electron chi connectivity index (χ1n) is 10.2. The lowest BCUT2D eigenvalue weighted by molar-refractivity contribution is -0.150. The first-order valence-corrected chi connectivity index (χ1v) is 10.2. The van der Waals surface area contributed by atoms with E-state index >= 15 is 0 Å². The Hall–Kier alpha value is -4.19. The Balaban J connectivity index is 1.56. The molecule has 0 saturated heterocycles. The van der Waals surface area contributed by atoms with E-state index in [1.807, 2.05) is 72.8 Å². The minimum absolute atomic E-state index is 0.0356. The molecule has 0 heterocycles. The minimum Gasteiger partial charge on any atom is -0.480 e. The van der Waals surface area contributed by atoms with Crippen LogP contribution in [0.5, 0.6) is 0 Å². The van der Waals surface area contributed by atoms with Gasteiger partial charge >= 0.3 is 11.9 Å². The molecule has 0 aliphatic carbocycles. The molecule has 0 fully saturated rings. The lowest BCUT2D eigenvalue weighted by Crippen LogP contribution is -2.42. The van der Waals surface area contributed by atoms with E-state index in [0.29, 0.717) is 16.3 Å². The van der Waals surface area contributed by atoms with E-state index in [1.165, 1.54) is 0 Å². The highest BCUT2D eigenvalue weighted by Gasteiger charge is 2.26. The second-order valence-corrected chi connectivity index (χ2v) is 7.41. The molecule has 4 aromatic carbocycles. The van der Waals surface area contributed by atoms with Crippen molar-refractivity contribution in [3.8, 4) is 0 Å². The lowest BCUT2D eigenvalue weighted by atomic mass is 9.96. The van der Waals surface area contributed by atoms with Crippen molar-refractivity contribution in [3.63, 3.8) is 0 Å². The van der Waals surface area contributed by atoms with Gasteiger partial charge < -0.3 is 15.2 Å². The van der Waals surface area contributed by atoms with E-state index in [2.05, 4.69) is 5.32 Å². The normalized spacial score (nSPS) is 11.8. The zero-order valence-corrected chi connectivity index (χ0v) is 17.2. The average molecular weight is 427 g/mol. The number of carboxylic acid groups (broad SMARTS) is 1. The number of amides is 1. The molecule has 0 saturated carbocycles. The molecule has 2 N–H and O–H groups in total. The van der Waals surface area contributed by atoms with Crippen LogP contribution in [-0.2, 0) is 20.9 Å². The molecule has 32 heavy (non-hydrogen) atoms. The molecule has 6 heteroatoms. The predicted octanol–water partition coefficient (Wildman–Crippen LogP) is 4.31. The van der Waals surface area contributed by atoms with Crippen LogP contribution in [0.2, 0.25) is 0 Å². The van der Waals surface area contributed by atoms with E-state index in [0.717, 1.165) is 16.3 Å². The molecule has 1 amide bonds. The highest BCUT2D eigenvalue weighted by Crippen LogP contribution is 2.28. The zero-order valence-electron chi connectivity index (χ0n) is 17.2. The summed E-state index contributed by atoms with van der Waals surface area (Å²) < 4.78 is 5.18. The van der Waals surface area contributed by atoms with Crippen LogP contribution in [0.15, 0.2) is 84.9 Å². The van der Waals surface area contributed by atoms with Gasteiger partial charge in [0.1, 0.15) is 12.6 Å². The maximum absolute atomic E-state index is 13.2. The third-order valence-electron chi connectivity index (χ3n) is 5.22. The van der Waals surface area contributed by atoms with Gasteiger partial charge in [0.2, 0.25) is 0 Å². The van der Waals surface area contributed by atoms with Gasteiger partial charge in [-0.05, 0) is 33.2 Å². The van der Waals surface area contributed by atoms with Crippen LogP contribution in [0, 0.1) is 0 Å². The number of ether oxygens (including phenoxy) is 1. The van der Waals surface area contributed by atoms with Gasteiger partial charge in [0, 0.05) is 0 Å². The summed E-state index contributed by atoms with van der Waals surface area (Å²) in [5.74, 6) is -2.56. The fourth-order valence-electron chi connectivity index (χ4n) is 3.65. The molecule has 0 aromatic heterocycles. The third kappa shape index (κ3) is 4.59. The molecule has 4 rings (SSSR count). The monoisotopic (exact) mass is 427 g/mol. The summed E-state index contributed by atoms with van der Waals surface area (Å²) in [6.45, 7) is 0.0356. The number of rotatable bonds is 7. The van der Waals surface area contributed by atoms with Crippen molar-refractivity contribution < 1.29 is 24.2 Å². The molecule has 160 valence electrons. The number of aliphatic carboxylic acids is 1. The van der Waals surface area contributed by atoms with Crippen molar-refractivity contribution >= 4 is 39.4 Å². The number of fused-ring (bicyclic) bond motifs is 2. The van der Waals surface area contributed by atoms with Gasteiger partial charge in [-0.1, -0.05) is 78.9 Å². The number of carbonyl (C=O) groups excluding carboxylic acids is 2. The molecule has 1 atom stereocenters. The Kier molecular flexibility index (Phi) is 6.12. The highest BCUT2D eigenvalue weighted by atomic mass is 16.5. The number of carboxylic acids is 1. The molecule has 0 radical (unpaired) electrons. The summed E-state index contributed by atoms with van der Waals surface area (Å²) in [6.07, 6.45) is -0.476. The van der Waals surface area contributed by atoms with Gasteiger partial charge in [0.05, 0.1) is 12.0 Å². The molecule has 0 bridgehead atoms. The Morgan fingerprint density at radius 2 is 1.38 bits per heavy atom. The largest absolute Gasteiger partial charge is 0.480 e. The van der Waals surface area contributed by atoms with Crippen molar-refractivity contribution in [3.05, 3.63) is 96.1 Å². The maximum Gasteiger partial charge on any atom is 0.326 e. The van der Waals surface area contributed by atoms with Gasteiger partial charge in [-0.3, -0.25) is 9.59 Å². The first kappa shape index (κ1) is 21.1. The van der Waals surface area contributed by atoms with Crippen molar-refractivity contribution in [2.45, 2.75) is 19.1 Å². The van der Waals surface area contributed by atoms with Crippen molar-refractivity contribution in [2.75, 3.05) is 0 Å². The lowest BCUT2D eigenvalue weighted by Gasteiger charge is -2.16. The van der Waals surface area contributed by atoms with Crippen LogP contribution in [0.1, 0.15) is 22.3 Å². The van der Waals surface area contributed by atoms with Crippen LogP contribution in [-0.4, -0.2) is 29.0 Å². The average Bonchev–Trinajstić information content (AvgIpc) is 2.81. The summed E-state index contributed by atoms with van der Waals surface area (Å²) >= 11 is 0. The molecule has 6 nitrogen and oxygen atoms in total. The van der Waals surface area contributed by atoms with Crippen molar-refractivity contribution in [1.29, 1.82) is 0 Å². The summed E-state index contributed by atoms with van der Waals surface area (Å²) in [7, 11) is 0. The van der Waals surface area contributed by atoms with Crippen molar-refractivity contribution in [1.82, 2.24) is 5.32 Å². The van der Waals surface area contributed by atoms with E-state index < -0.39 is 30.3 Å². The number of hydrogen-bond donors (Lipinski definition) is 2. The zero-order chi connectivity index (χ0) is 22.5. The second kappa shape index (κ2) is 9.31. The van der Waals surface area contributed by atoms with Gasteiger partial charge in [0.25, 0.3) is 5.91 Å². The summed E-state index contributed by atoms with van der Waals surface area (Å²) in [6, 6.07) is 24.5. The van der Waals surface area contributed by atoms with Crippen molar-refractivity contribution in [2.24, 2.45) is 0 Å². The van der Waals surface area contributed by atoms with E-state index in [9.17, 15) is 19.5 Å². The van der Waals surface area contributed by atoms with Gasteiger partial charge in [-0.15, -0.1) is 0 Å². The number of benzene rings is 4. The summed E-state index contributed by atoms with van der Waals surface area (Å²) in [4.78, 5) is 37.2.